The highest BCUT2D eigenvalue weighted by Gasteiger charge is 2.32. The maximum absolute atomic E-state index is 13.2. The zero-order valence-corrected chi connectivity index (χ0v) is 18.7. The minimum atomic E-state index is -0.577. The third kappa shape index (κ3) is 4.58. The molecule has 7 heteroatoms. The van der Waals surface area contributed by atoms with Gasteiger partial charge >= 0.3 is 0 Å². The zero-order valence-electron chi connectivity index (χ0n) is 18.7. The lowest BCUT2D eigenvalue weighted by atomic mass is 9.99. The molecule has 0 saturated carbocycles. The molecule has 2 atom stereocenters. The predicted molar refractivity (Wildman–Crippen MR) is 124 cm³/mol. The van der Waals surface area contributed by atoms with Crippen molar-refractivity contribution in [2.45, 2.75) is 50.7 Å². The Bertz CT molecular complexity index is 1040. The summed E-state index contributed by atoms with van der Waals surface area (Å²) in [5.41, 5.74) is 2.13. The number of hydrogen-bond acceptors (Lipinski definition) is 4. The highest BCUT2D eigenvalue weighted by atomic mass is 16.5. The van der Waals surface area contributed by atoms with E-state index in [1.54, 1.807) is 24.3 Å². The van der Waals surface area contributed by atoms with Crippen molar-refractivity contribution in [2.24, 2.45) is 0 Å². The summed E-state index contributed by atoms with van der Waals surface area (Å²) >= 11 is 0. The van der Waals surface area contributed by atoms with Crippen LogP contribution in [0.2, 0.25) is 0 Å². The van der Waals surface area contributed by atoms with Crippen LogP contribution in [-0.2, 0) is 16.0 Å². The van der Waals surface area contributed by atoms with Crippen LogP contribution in [0, 0.1) is 0 Å². The average molecular weight is 448 g/mol. The molecule has 2 unspecified atom stereocenters. The molecule has 0 aliphatic carbocycles. The maximum atomic E-state index is 13.2. The van der Waals surface area contributed by atoms with Gasteiger partial charge in [-0.1, -0.05) is 24.3 Å². The van der Waals surface area contributed by atoms with E-state index < -0.39 is 6.10 Å². The number of nitrogens with one attached hydrogen (secondary N) is 1. The molecular formula is C26H29N3O4. The molecule has 2 aromatic rings. The molecule has 5 rings (SSSR count). The first-order chi connectivity index (χ1) is 16.1. The fourth-order valence-electron chi connectivity index (χ4n) is 5.07. The highest BCUT2D eigenvalue weighted by molar-refractivity contribution is 5.98. The van der Waals surface area contributed by atoms with Crippen LogP contribution in [0.1, 0.15) is 48.0 Å². The molecule has 0 aromatic heterocycles. The average Bonchev–Trinajstić information content (AvgIpc) is 3.29. The number of amides is 3. The first-order valence-electron chi connectivity index (χ1n) is 11.8. The minimum absolute atomic E-state index is 0.0650. The van der Waals surface area contributed by atoms with Crippen molar-refractivity contribution in [3.05, 3.63) is 59.7 Å². The second-order valence-corrected chi connectivity index (χ2v) is 9.08. The first-order valence-corrected chi connectivity index (χ1v) is 11.8. The molecule has 3 aliphatic heterocycles. The van der Waals surface area contributed by atoms with Crippen LogP contribution in [0.5, 0.6) is 5.75 Å². The minimum Gasteiger partial charge on any atom is -0.480 e. The second-order valence-electron chi connectivity index (χ2n) is 9.08. The first kappa shape index (κ1) is 21.5. The van der Waals surface area contributed by atoms with Crippen LogP contribution in [0.25, 0.3) is 0 Å². The molecule has 172 valence electrons. The van der Waals surface area contributed by atoms with E-state index in [-0.39, 0.29) is 23.8 Å². The topological polar surface area (TPSA) is 79.0 Å². The molecule has 7 nitrogen and oxygen atoms in total. The van der Waals surface area contributed by atoms with Crippen molar-refractivity contribution in [3.8, 4) is 5.75 Å². The van der Waals surface area contributed by atoms with Gasteiger partial charge in [0.15, 0.2) is 6.10 Å². The second kappa shape index (κ2) is 9.25. The maximum Gasteiger partial charge on any atom is 0.265 e. The Hall–Kier alpha value is -3.35. The summed E-state index contributed by atoms with van der Waals surface area (Å²) in [5.74, 6) is 0.664. The summed E-state index contributed by atoms with van der Waals surface area (Å²) < 4.78 is 5.77. The number of anilines is 1. The molecule has 2 fully saturated rings. The van der Waals surface area contributed by atoms with Gasteiger partial charge in [-0.15, -0.1) is 0 Å². The summed E-state index contributed by atoms with van der Waals surface area (Å²) in [5, 5.41) is 2.90. The quantitative estimate of drug-likeness (QED) is 0.781. The van der Waals surface area contributed by atoms with Crippen LogP contribution in [0.4, 0.5) is 5.69 Å². The Kier molecular flexibility index (Phi) is 6.03. The number of piperidine rings is 2. The molecule has 2 saturated heterocycles. The third-order valence-electron chi connectivity index (χ3n) is 6.80. The smallest absolute Gasteiger partial charge is 0.265 e. The van der Waals surface area contributed by atoms with Gasteiger partial charge in [0.2, 0.25) is 5.91 Å². The Morgan fingerprint density at radius 1 is 1.00 bits per heavy atom. The Balaban J connectivity index is 1.23. The molecular weight excluding hydrogens is 418 g/mol. The molecule has 2 aromatic carbocycles. The number of para-hydroxylation sites is 1. The van der Waals surface area contributed by atoms with Crippen molar-refractivity contribution in [3.63, 3.8) is 0 Å². The fraction of sp³-hybridized carbons (Fsp3) is 0.423. The predicted octanol–water partition coefficient (Wildman–Crippen LogP) is 3.25. The van der Waals surface area contributed by atoms with Crippen LogP contribution >= 0.6 is 0 Å². The third-order valence-corrected chi connectivity index (χ3v) is 6.80. The van der Waals surface area contributed by atoms with Crippen molar-refractivity contribution >= 4 is 23.4 Å². The van der Waals surface area contributed by atoms with Crippen LogP contribution < -0.4 is 10.1 Å². The van der Waals surface area contributed by atoms with Crippen LogP contribution in [-0.4, -0.2) is 59.3 Å². The summed E-state index contributed by atoms with van der Waals surface area (Å²) in [7, 11) is 0. The lowest BCUT2D eigenvalue weighted by Gasteiger charge is -2.41. The van der Waals surface area contributed by atoms with Gasteiger partial charge in [0.1, 0.15) is 5.75 Å². The van der Waals surface area contributed by atoms with E-state index in [2.05, 4.69) is 5.32 Å². The van der Waals surface area contributed by atoms with Gasteiger partial charge in [-0.25, -0.2) is 0 Å². The molecule has 1 N–H and O–H groups in total. The molecule has 0 radical (unpaired) electrons. The van der Waals surface area contributed by atoms with E-state index in [4.69, 9.17) is 4.74 Å². The van der Waals surface area contributed by atoms with Crippen molar-refractivity contribution in [2.75, 3.05) is 25.0 Å². The normalized spacial score (nSPS) is 22.5. The highest BCUT2D eigenvalue weighted by Crippen LogP contribution is 2.29. The van der Waals surface area contributed by atoms with Gasteiger partial charge in [0, 0.05) is 49.8 Å². The SMILES string of the molecule is O=C(Nc1cccc(C(=O)N2CCCC(N3CCCCC3=O)C2)c1)C1Cc2ccccc2O1. The monoisotopic (exact) mass is 447 g/mol. The summed E-state index contributed by atoms with van der Waals surface area (Å²) in [6, 6.07) is 14.8. The number of rotatable bonds is 4. The number of carbonyl (C=O) groups is 3. The molecule has 0 spiro atoms. The van der Waals surface area contributed by atoms with Gasteiger partial charge in [0.25, 0.3) is 11.8 Å². The Morgan fingerprint density at radius 2 is 1.88 bits per heavy atom. The molecule has 0 bridgehead atoms. The van der Waals surface area contributed by atoms with Gasteiger partial charge in [0.05, 0.1) is 0 Å². The molecule has 3 aliphatic rings. The summed E-state index contributed by atoms with van der Waals surface area (Å²) in [6.45, 7) is 2.04. The molecule has 3 heterocycles. The van der Waals surface area contributed by atoms with Gasteiger partial charge in [-0.3, -0.25) is 14.4 Å². The van der Waals surface area contributed by atoms with E-state index in [9.17, 15) is 14.4 Å². The van der Waals surface area contributed by atoms with Crippen molar-refractivity contribution < 1.29 is 19.1 Å². The number of hydrogen-bond donors (Lipinski definition) is 1. The standard InChI is InChI=1S/C26H29N3O4/c30-24-12-3-4-14-29(24)21-10-6-13-28(17-21)26(32)19-8-5-9-20(15-19)27-25(31)23-16-18-7-1-2-11-22(18)33-23/h1-2,5,7-9,11,15,21,23H,3-4,6,10,12-14,16-17H2,(H,27,31). The van der Waals surface area contributed by atoms with Crippen molar-refractivity contribution in [1.29, 1.82) is 0 Å². The van der Waals surface area contributed by atoms with Crippen LogP contribution in [0.15, 0.2) is 48.5 Å². The summed E-state index contributed by atoms with van der Waals surface area (Å²) in [4.78, 5) is 42.1. The van der Waals surface area contributed by atoms with Crippen molar-refractivity contribution in [1.82, 2.24) is 9.80 Å². The lowest BCUT2D eigenvalue weighted by molar-refractivity contribution is -0.136. The number of nitrogens with zero attached hydrogens (tertiary/aromatic N) is 2. The lowest BCUT2D eigenvalue weighted by Crippen LogP contribution is -2.52. The summed E-state index contributed by atoms with van der Waals surface area (Å²) in [6.07, 6.45) is 4.39. The van der Waals surface area contributed by atoms with E-state index in [0.717, 1.165) is 43.5 Å². The van der Waals surface area contributed by atoms with Crippen LogP contribution in [0.3, 0.4) is 0 Å². The largest absolute Gasteiger partial charge is 0.480 e. The number of carbonyl (C=O) groups excluding carboxylic acids is 3. The number of likely N-dealkylation sites (tertiary alicyclic amines) is 2. The number of ether oxygens (including phenoxy) is 1. The van der Waals surface area contributed by atoms with E-state index in [1.807, 2.05) is 34.1 Å². The van der Waals surface area contributed by atoms with E-state index in [0.29, 0.717) is 37.2 Å². The zero-order chi connectivity index (χ0) is 22.8. The van der Waals surface area contributed by atoms with Gasteiger partial charge in [-0.2, -0.15) is 0 Å². The van der Waals surface area contributed by atoms with E-state index >= 15 is 0 Å². The number of fused-ring (bicyclic) bond motifs is 1. The molecule has 33 heavy (non-hydrogen) atoms. The van der Waals surface area contributed by atoms with Gasteiger partial charge in [-0.05, 0) is 55.5 Å². The van der Waals surface area contributed by atoms with Gasteiger partial charge < -0.3 is 19.9 Å². The van der Waals surface area contributed by atoms with E-state index in [1.165, 1.54) is 0 Å². The Morgan fingerprint density at radius 3 is 2.73 bits per heavy atom. The molecule has 3 amide bonds. The Labute approximate surface area is 193 Å². The number of benzene rings is 2. The fourth-order valence-corrected chi connectivity index (χ4v) is 5.07.